The van der Waals surface area contributed by atoms with Crippen molar-refractivity contribution in [2.24, 2.45) is 0 Å². The molecule has 0 aromatic heterocycles. The first-order valence-corrected chi connectivity index (χ1v) is 10.5. The third-order valence-corrected chi connectivity index (χ3v) is 5.68. The van der Waals surface area contributed by atoms with Crippen molar-refractivity contribution in [2.45, 2.75) is 12.5 Å². The Morgan fingerprint density at radius 1 is 1.21 bits per heavy atom. The number of aliphatic hydroxyl groups is 1. The lowest BCUT2D eigenvalue weighted by atomic mass is 9.95. The summed E-state index contributed by atoms with van der Waals surface area (Å²) in [6, 6.07) is 9.22. The van der Waals surface area contributed by atoms with Gasteiger partial charge in [0.2, 0.25) is 0 Å². The fourth-order valence-electron chi connectivity index (χ4n) is 3.76. The standard InChI is InChI=1S/C23H24ClN3O6/c1-25(2)11-4-12-26-20(14-5-8-16(9-6-14)27(31)32)19(22(29)23(26)30)21(28)15-7-10-18(33-3)17(24)13-15/h5-10,13,20,28H,4,11-12H2,1-3H3/b21-19-. The van der Waals surface area contributed by atoms with E-state index in [1.807, 2.05) is 19.0 Å². The van der Waals surface area contributed by atoms with Crippen LogP contribution in [-0.2, 0) is 9.59 Å². The van der Waals surface area contributed by atoms with Crippen LogP contribution in [-0.4, -0.2) is 65.8 Å². The smallest absolute Gasteiger partial charge is 0.295 e. The van der Waals surface area contributed by atoms with E-state index >= 15 is 0 Å². The number of carbonyl (C=O) groups excluding carboxylic acids is 2. The van der Waals surface area contributed by atoms with E-state index in [0.717, 1.165) is 0 Å². The zero-order chi connectivity index (χ0) is 24.3. The summed E-state index contributed by atoms with van der Waals surface area (Å²) in [7, 11) is 5.25. The molecule has 174 valence electrons. The second-order valence-electron chi connectivity index (χ2n) is 7.85. The summed E-state index contributed by atoms with van der Waals surface area (Å²) >= 11 is 6.18. The molecule has 2 aromatic rings. The number of nitrogens with zero attached hydrogens (tertiary/aromatic N) is 3. The molecule has 1 fully saturated rings. The minimum Gasteiger partial charge on any atom is -0.507 e. The number of ketones is 1. The van der Waals surface area contributed by atoms with Crippen molar-refractivity contribution in [1.82, 2.24) is 9.80 Å². The van der Waals surface area contributed by atoms with Crippen LogP contribution in [0.2, 0.25) is 5.02 Å². The van der Waals surface area contributed by atoms with E-state index in [2.05, 4.69) is 0 Å². The summed E-state index contributed by atoms with van der Waals surface area (Å²) < 4.78 is 5.13. The zero-order valence-electron chi connectivity index (χ0n) is 18.4. The highest BCUT2D eigenvalue weighted by atomic mass is 35.5. The number of Topliss-reactive ketones (excluding diaryl/α,β-unsaturated/α-hetero) is 1. The first kappa shape index (κ1) is 24.2. The quantitative estimate of drug-likeness (QED) is 0.205. The number of carbonyl (C=O) groups is 2. The number of halogens is 1. The van der Waals surface area contributed by atoms with Crippen molar-refractivity contribution in [3.63, 3.8) is 0 Å². The molecule has 1 amide bonds. The number of nitro groups is 1. The number of hydrogen-bond acceptors (Lipinski definition) is 7. The van der Waals surface area contributed by atoms with Gasteiger partial charge in [-0.05, 0) is 63.0 Å². The van der Waals surface area contributed by atoms with Crippen LogP contribution < -0.4 is 4.74 Å². The number of rotatable bonds is 8. The van der Waals surface area contributed by atoms with E-state index in [0.29, 0.717) is 24.3 Å². The Morgan fingerprint density at radius 2 is 1.88 bits per heavy atom. The van der Waals surface area contributed by atoms with Gasteiger partial charge in [0.15, 0.2) is 0 Å². The van der Waals surface area contributed by atoms with E-state index < -0.39 is 22.7 Å². The molecule has 1 atom stereocenters. The Kier molecular flexibility index (Phi) is 7.35. The molecule has 10 heteroatoms. The summed E-state index contributed by atoms with van der Waals surface area (Å²) in [5.41, 5.74) is 0.509. The summed E-state index contributed by atoms with van der Waals surface area (Å²) in [6.45, 7) is 0.953. The van der Waals surface area contributed by atoms with E-state index in [1.54, 1.807) is 6.07 Å². The van der Waals surface area contributed by atoms with Gasteiger partial charge in [-0.15, -0.1) is 0 Å². The van der Waals surface area contributed by atoms with Crippen LogP contribution in [0, 0.1) is 10.1 Å². The second-order valence-corrected chi connectivity index (χ2v) is 8.25. The van der Waals surface area contributed by atoms with Gasteiger partial charge >= 0.3 is 0 Å². The Labute approximate surface area is 196 Å². The second kappa shape index (κ2) is 10.0. The molecule has 1 aliphatic rings. The molecular weight excluding hydrogens is 450 g/mol. The lowest BCUT2D eigenvalue weighted by molar-refractivity contribution is -0.384. The average molecular weight is 474 g/mol. The molecule has 0 radical (unpaired) electrons. The van der Waals surface area contributed by atoms with Gasteiger partial charge in [0.1, 0.15) is 11.5 Å². The van der Waals surface area contributed by atoms with Crippen LogP contribution in [0.3, 0.4) is 0 Å². The van der Waals surface area contributed by atoms with Crippen molar-refractivity contribution in [3.8, 4) is 5.75 Å². The van der Waals surface area contributed by atoms with Crippen molar-refractivity contribution in [1.29, 1.82) is 0 Å². The maximum absolute atomic E-state index is 13.0. The van der Waals surface area contributed by atoms with E-state index in [4.69, 9.17) is 16.3 Å². The molecule has 1 aliphatic heterocycles. The minimum atomic E-state index is -0.895. The maximum atomic E-state index is 13.0. The monoisotopic (exact) mass is 473 g/mol. The van der Waals surface area contributed by atoms with Gasteiger partial charge < -0.3 is 19.6 Å². The highest BCUT2D eigenvalue weighted by Gasteiger charge is 2.45. The number of likely N-dealkylation sites (tertiary alicyclic amines) is 1. The summed E-state index contributed by atoms with van der Waals surface area (Å²) in [5.74, 6) is -1.55. The fourth-order valence-corrected chi connectivity index (χ4v) is 4.02. The lowest BCUT2D eigenvalue weighted by Crippen LogP contribution is -2.32. The largest absolute Gasteiger partial charge is 0.507 e. The van der Waals surface area contributed by atoms with Gasteiger partial charge in [0, 0.05) is 24.2 Å². The lowest BCUT2D eigenvalue weighted by Gasteiger charge is -2.26. The van der Waals surface area contributed by atoms with Crippen LogP contribution in [0.15, 0.2) is 48.0 Å². The number of amides is 1. The van der Waals surface area contributed by atoms with E-state index in [9.17, 15) is 24.8 Å². The Hall–Kier alpha value is -3.43. The molecule has 1 heterocycles. The van der Waals surface area contributed by atoms with Gasteiger partial charge in [-0.25, -0.2) is 0 Å². The third-order valence-electron chi connectivity index (χ3n) is 5.39. The van der Waals surface area contributed by atoms with Crippen LogP contribution in [0.5, 0.6) is 5.75 Å². The number of hydrogen-bond donors (Lipinski definition) is 1. The van der Waals surface area contributed by atoms with Crippen molar-refractivity contribution in [3.05, 3.63) is 74.3 Å². The predicted octanol–water partition coefficient (Wildman–Crippen LogP) is 3.63. The zero-order valence-corrected chi connectivity index (χ0v) is 19.2. The van der Waals surface area contributed by atoms with Gasteiger partial charge in [-0.2, -0.15) is 0 Å². The molecule has 1 saturated heterocycles. The predicted molar refractivity (Wildman–Crippen MR) is 123 cm³/mol. The maximum Gasteiger partial charge on any atom is 0.295 e. The summed E-state index contributed by atoms with van der Waals surface area (Å²) in [4.78, 5) is 39.8. The van der Waals surface area contributed by atoms with Crippen LogP contribution in [0.25, 0.3) is 5.76 Å². The minimum absolute atomic E-state index is 0.0973. The molecule has 1 unspecified atom stereocenters. The molecule has 3 rings (SSSR count). The topological polar surface area (TPSA) is 113 Å². The molecule has 2 aromatic carbocycles. The van der Waals surface area contributed by atoms with Gasteiger partial charge in [0.25, 0.3) is 17.4 Å². The molecular formula is C23H24ClN3O6. The Morgan fingerprint density at radius 3 is 2.42 bits per heavy atom. The fraction of sp³-hybridized carbons (Fsp3) is 0.304. The molecule has 33 heavy (non-hydrogen) atoms. The average Bonchev–Trinajstić information content (AvgIpc) is 3.03. The van der Waals surface area contributed by atoms with E-state index in [-0.39, 0.29) is 34.2 Å². The normalized spacial score (nSPS) is 17.6. The first-order chi connectivity index (χ1) is 15.6. The first-order valence-electron chi connectivity index (χ1n) is 10.2. The Bertz CT molecular complexity index is 1110. The Balaban J connectivity index is 2.11. The highest BCUT2D eigenvalue weighted by molar-refractivity contribution is 6.46. The van der Waals surface area contributed by atoms with Crippen molar-refractivity contribution < 1.29 is 24.4 Å². The number of nitro benzene ring substituents is 1. The SMILES string of the molecule is COc1ccc(/C(O)=C2/C(=O)C(=O)N(CCCN(C)C)C2c2ccc([N+](=O)[O-])cc2)cc1Cl. The molecule has 0 bridgehead atoms. The number of ether oxygens (including phenoxy) is 1. The number of aliphatic hydroxyl groups excluding tert-OH is 1. The molecule has 0 saturated carbocycles. The molecule has 1 N–H and O–H groups in total. The molecule has 0 spiro atoms. The van der Waals surface area contributed by atoms with Crippen LogP contribution >= 0.6 is 11.6 Å². The van der Waals surface area contributed by atoms with Crippen LogP contribution in [0.4, 0.5) is 5.69 Å². The van der Waals surface area contributed by atoms with Crippen molar-refractivity contribution >= 4 is 34.7 Å². The van der Waals surface area contributed by atoms with Gasteiger partial charge in [-0.1, -0.05) is 11.6 Å². The van der Waals surface area contributed by atoms with E-state index in [1.165, 1.54) is 48.4 Å². The number of benzene rings is 2. The van der Waals surface area contributed by atoms with Gasteiger partial charge in [0.05, 0.1) is 28.7 Å². The highest BCUT2D eigenvalue weighted by Crippen LogP contribution is 2.40. The summed E-state index contributed by atoms with van der Waals surface area (Å²) in [5, 5.41) is 22.4. The molecule has 0 aliphatic carbocycles. The van der Waals surface area contributed by atoms with Gasteiger partial charge in [-0.3, -0.25) is 19.7 Å². The number of methoxy groups -OCH3 is 1. The molecule has 9 nitrogen and oxygen atoms in total. The van der Waals surface area contributed by atoms with Crippen molar-refractivity contribution in [2.75, 3.05) is 34.3 Å². The number of non-ortho nitro benzene ring substituents is 1. The third kappa shape index (κ3) is 4.99. The van der Waals surface area contributed by atoms with Crippen LogP contribution in [0.1, 0.15) is 23.6 Å². The summed E-state index contributed by atoms with van der Waals surface area (Å²) in [6.07, 6.45) is 0.595.